The Kier molecular flexibility index (Phi) is 8.13. The summed E-state index contributed by atoms with van der Waals surface area (Å²) in [6.45, 7) is 4.13. The molecule has 0 aromatic rings. The first-order valence-corrected chi connectivity index (χ1v) is 9.53. The van der Waals surface area contributed by atoms with Crippen LogP contribution in [0.25, 0.3) is 0 Å². The number of hydrogen-bond donors (Lipinski definition) is 3. The minimum atomic E-state index is -3.13. The number of nitrogens with zero attached hydrogens (tertiary/aromatic N) is 1. The van der Waals surface area contributed by atoms with Crippen molar-refractivity contribution in [2.24, 2.45) is 10.4 Å². The minimum Gasteiger partial charge on any atom is -0.385 e. The van der Waals surface area contributed by atoms with Crippen LogP contribution in [0.1, 0.15) is 32.6 Å². The van der Waals surface area contributed by atoms with Crippen molar-refractivity contribution in [3.8, 4) is 0 Å². The SMILES string of the molecule is CCS(=O)(=O)NCCNC(=NC)NCC1(CCOC)CCC1. The van der Waals surface area contributed by atoms with E-state index in [1.165, 1.54) is 19.3 Å². The van der Waals surface area contributed by atoms with Crippen molar-refractivity contribution in [3.05, 3.63) is 0 Å². The Hall–Kier alpha value is -0.860. The van der Waals surface area contributed by atoms with Gasteiger partial charge in [0, 0.05) is 40.4 Å². The number of rotatable bonds is 10. The molecule has 0 aromatic heterocycles. The van der Waals surface area contributed by atoms with Crippen LogP contribution in [0.3, 0.4) is 0 Å². The Labute approximate surface area is 134 Å². The third-order valence-electron chi connectivity index (χ3n) is 4.22. The zero-order chi connectivity index (χ0) is 16.5. The summed E-state index contributed by atoms with van der Waals surface area (Å²) >= 11 is 0. The average Bonchev–Trinajstić information content (AvgIpc) is 2.47. The van der Waals surface area contributed by atoms with Gasteiger partial charge in [0.2, 0.25) is 10.0 Å². The third kappa shape index (κ3) is 6.50. The first-order valence-electron chi connectivity index (χ1n) is 7.88. The second-order valence-electron chi connectivity index (χ2n) is 5.75. The number of methoxy groups -OCH3 is 1. The molecule has 0 amide bonds. The highest BCUT2D eigenvalue weighted by Crippen LogP contribution is 2.43. The fraction of sp³-hybridized carbons (Fsp3) is 0.929. The molecule has 1 saturated carbocycles. The lowest BCUT2D eigenvalue weighted by Gasteiger charge is -2.42. The second kappa shape index (κ2) is 9.32. The highest BCUT2D eigenvalue weighted by molar-refractivity contribution is 7.89. The Morgan fingerprint density at radius 3 is 2.50 bits per heavy atom. The van der Waals surface area contributed by atoms with Crippen molar-refractivity contribution in [3.63, 3.8) is 0 Å². The molecule has 0 aliphatic heterocycles. The number of ether oxygens (including phenoxy) is 1. The van der Waals surface area contributed by atoms with Crippen molar-refractivity contribution in [1.82, 2.24) is 15.4 Å². The first kappa shape index (κ1) is 19.2. The Morgan fingerprint density at radius 1 is 1.27 bits per heavy atom. The molecular formula is C14H30N4O3S. The molecule has 0 atom stereocenters. The number of hydrogen-bond acceptors (Lipinski definition) is 4. The molecule has 130 valence electrons. The van der Waals surface area contributed by atoms with Crippen LogP contribution in [0.5, 0.6) is 0 Å². The predicted molar refractivity (Wildman–Crippen MR) is 89.6 cm³/mol. The molecule has 0 aromatic carbocycles. The molecule has 0 bridgehead atoms. The Bertz CT molecular complexity index is 447. The molecule has 1 aliphatic carbocycles. The van der Waals surface area contributed by atoms with Crippen LogP contribution in [-0.4, -0.2) is 60.5 Å². The van der Waals surface area contributed by atoms with Crippen LogP contribution in [0.4, 0.5) is 0 Å². The number of sulfonamides is 1. The van der Waals surface area contributed by atoms with Gasteiger partial charge in [-0.3, -0.25) is 4.99 Å². The van der Waals surface area contributed by atoms with E-state index in [9.17, 15) is 8.42 Å². The maximum atomic E-state index is 11.3. The summed E-state index contributed by atoms with van der Waals surface area (Å²) < 4.78 is 30.4. The summed E-state index contributed by atoms with van der Waals surface area (Å²) in [7, 11) is 0.321. The molecule has 7 nitrogen and oxygen atoms in total. The van der Waals surface area contributed by atoms with Gasteiger partial charge in [-0.25, -0.2) is 13.1 Å². The minimum absolute atomic E-state index is 0.0992. The smallest absolute Gasteiger partial charge is 0.211 e. The van der Waals surface area contributed by atoms with Gasteiger partial charge in [0.25, 0.3) is 0 Å². The molecule has 0 unspecified atom stereocenters. The first-order chi connectivity index (χ1) is 10.5. The summed E-state index contributed by atoms with van der Waals surface area (Å²) in [5, 5.41) is 6.46. The molecule has 3 N–H and O–H groups in total. The van der Waals surface area contributed by atoms with Gasteiger partial charge in [-0.2, -0.15) is 0 Å². The van der Waals surface area contributed by atoms with Crippen LogP contribution in [0.15, 0.2) is 4.99 Å². The number of aliphatic imine (C=N–C) groups is 1. The molecule has 0 saturated heterocycles. The lowest BCUT2D eigenvalue weighted by atomic mass is 9.67. The monoisotopic (exact) mass is 334 g/mol. The van der Waals surface area contributed by atoms with Gasteiger partial charge in [0.05, 0.1) is 5.75 Å². The summed E-state index contributed by atoms with van der Waals surface area (Å²) in [5.74, 6) is 0.807. The lowest BCUT2D eigenvalue weighted by Crippen LogP contribution is -2.48. The highest BCUT2D eigenvalue weighted by Gasteiger charge is 2.36. The zero-order valence-corrected chi connectivity index (χ0v) is 14.8. The van der Waals surface area contributed by atoms with Crippen molar-refractivity contribution >= 4 is 16.0 Å². The lowest BCUT2D eigenvalue weighted by molar-refractivity contribution is 0.0732. The van der Waals surface area contributed by atoms with Crippen LogP contribution < -0.4 is 15.4 Å². The molecule has 8 heteroatoms. The number of guanidine groups is 1. The summed E-state index contributed by atoms with van der Waals surface area (Å²) in [6.07, 6.45) is 4.77. The second-order valence-corrected chi connectivity index (χ2v) is 7.84. The standard InChI is InChI=1S/C14H30N4O3S/c1-4-22(19,20)18-10-9-16-13(15-2)17-12-14(6-5-7-14)8-11-21-3/h18H,4-12H2,1-3H3,(H2,15,16,17). The molecule has 0 radical (unpaired) electrons. The summed E-state index contributed by atoms with van der Waals surface area (Å²) in [4.78, 5) is 4.17. The highest BCUT2D eigenvalue weighted by atomic mass is 32.2. The van der Waals surface area contributed by atoms with E-state index in [1.807, 2.05) is 0 Å². The van der Waals surface area contributed by atoms with Crippen molar-refractivity contribution in [1.29, 1.82) is 0 Å². The van der Waals surface area contributed by atoms with Crippen LogP contribution in [0.2, 0.25) is 0 Å². The Balaban J connectivity index is 2.27. The van der Waals surface area contributed by atoms with Gasteiger partial charge in [0.15, 0.2) is 5.96 Å². The fourth-order valence-corrected chi connectivity index (χ4v) is 3.11. The van der Waals surface area contributed by atoms with Gasteiger partial charge in [-0.05, 0) is 31.6 Å². The summed E-state index contributed by atoms with van der Waals surface area (Å²) in [5.41, 5.74) is 0.317. The van der Waals surface area contributed by atoms with E-state index >= 15 is 0 Å². The molecule has 1 aliphatic rings. The van der Waals surface area contributed by atoms with Gasteiger partial charge in [0.1, 0.15) is 0 Å². The normalized spacial score (nSPS) is 17.9. The maximum Gasteiger partial charge on any atom is 0.211 e. The largest absolute Gasteiger partial charge is 0.385 e. The maximum absolute atomic E-state index is 11.3. The van der Waals surface area contributed by atoms with Gasteiger partial charge < -0.3 is 15.4 Å². The van der Waals surface area contributed by atoms with Crippen molar-refractivity contribution in [2.75, 3.05) is 46.2 Å². The molecule has 0 heterocycles. The third-order valence-corrected chi connectivity index (χ3v) is 5.63. The van der Waals surface area contributed by atoms with Crippen LogP contribution in [-0.2, 0) is 14.8 Å². The summed E-state index contributed by atoms with van der Waals surface area (Å²) in [6, 6.07) is 0. The van der Waals surface area contributed by atoms with Gasteiger partial charge in [-0.15, -0.1) is 0 Å². The van der Waals surface area contributed by atoms with E-state index in [1.54, 1.807) is 21.1 Å². The van der Waals surface area contributed by atoms with E-state index in [2.05, 4.69) is 20.3 Å². The molecular weight excluding hydrogens is 304 g/mol. The molecule has 22 heavy (non-hydrogen) atoms. The van der Waals surface area contributed by atoms with E-state index in [0.717, 1.165) is 19.6 Å². The predicted octanol–water partition coefficient (Wildman–Crippen LogP) is 0.298. The average molecular weight is 334 g/mol. The van der Waals surface area contributed by atoms with Crippen molar-refractivity contribution < 1.29 is 13.2 Å². The topological polar surface area (TPSA) is 91.8 Å². The number of nitrogens with one attached hydrogen (secondary N) is 3. The van der Waals surface area contributed by atoms with Crippen LogP contribution in [0, 0.1) is 5.41 Å². The molecule has 0 spiro atoms. The van der Waals surface area contributed by atoms with Gasteiger partial charge >= 0.3 is 0 Å². The van der Waals surface area contributed by atoms with Gasteiger partial charge in [-0.1, -0.05) is 6.42 Å². The van der Waals surface area contributed by atoms with E-state index in [-0.39, 0.29) is 5.75 Å². The van der Waals surface area contributed by atoms with Crippen molar-refractivity contribution in [2.45, 2.75) is 32.6 Å². The quantitative estimate of drug-likeness (QED) is 0.304. The molecule has 1 fully saturated rings. The zero-order valence-electron chi connectivity index (χ0n) is 13.9. The van der Waals surface area contributed by atoms with E-state index < -0.39 is 10.0 Å². The fourth-order valence-electron chi connectivity index (χ4n) is 2.49. The molecule has 1 rings (SSSR count). The Morgan fingerprint density at radius 2 is 2.00 bits per heavy atom. The van der Waals surface area contributed by atoms with E-state index in [0.29, 0.717) is 24.5 Å². The van der Waals surface area contributed by atoms with E-state index in [4.69, 9.17) is 4.74 Å². The van der Waals surface area contributed by atoms with Crippen LogP contribution >= 0.6 is 0 Å².